The quantitative estimate of drug-likeness (QED) is 0.612. The van der Waals surface area contributed by atoms with E-state index in [9.17, 15) is 4.79 Å². The van der Waals surface area contributed by atoms with Gasteiger partial charge in [-0.25, -0.2) is 0 Å². The third-order valence-corrected chi connectivity index (χ3v) is 2.49. The molecule has 0 aromatic heterocycles. The summed E-state index contributed by atoms with van der Waals surface area (Å²) < 4.78 is 5.18. The van der Waals surface area contributed by atoms with Gasteiger partial charge in [-0.1, -0.05) is 41.9 Å². The number of benzene rings is 2. The highest BCUT2D eigenvalue weighted by atomic mass is 35.5. The van der Waals surface area contributed by atoms with Crippen LogP contribution in [0, 0.1) is 0 Å². The molecule has 2 aromatic carbocycles. The number of ether oxygens (including phenoxy) is 1. The Morgan fingerprint density at radius 2 is 1.65 bits per heavy atom. The predicted molar refractivity (Wildman–Crippen MR) is 67.2 cm³/mol. The van der Waals surface area contributed by atoms with E-state index in [-0.39, 0.29) is 12.4 Å². The third kappa shape index (κ3) is 3.61. The number of esters is 1. The molecule has 0 bridgehead atoms. The fourth-order valence-electron chi connectivity index (χ4n) is 1.43. The summed E-state index contributed by atoms with van der Waals surface area (Å²) in [7, 11) is 0. The average Bonchev–Trinajstić information content (AvgIpc) is 2.33. The van der Waals surface area contributed by atoms with E-state index in [0.717, 1.165) is 5.56 Å². The average molecular weight is 247 g/mol. The molecule has 0 amide bonds. The van der Waals surface area contributed by atoms with Crippen LogP contribution in [0.15, 0.2) is 54.6 Å². The van der Waals surface area contributed by atoms with Crippen LogP contribution in [0.5, 0.6) is 5.75 Å². The van der Waals surface area contributed by atoms with Gasteiger partial charge in [0.25, 0.3) is 0 Å². The first kappa shape index (κ1) is 11.7. The molecule has 0 aliphatic carbocycles. The van der Waals surface area contributed by atoms with Crippen LogP contribution in [0.4, 0.5) is 0 Å². The van der Waals surface area contributed by atoms with Gasteiger partial charge in [0.2, 0.25) is 0 Å². The molecule has 0 radical (unpaired) electrons. The van der Waals surface area contributed by atoms with Gasteiger partial charge in [-0.2, -0.15) is 0 Å². The molecule has 2 aromatic rings. The Kier molecular flexibility index (Phi) is 3.78. The lowest BCUT2D eigenvalue weighted by Gasteiger charge is -2.04. The molecule has 17 heavy (non-hydrogen) atoms. The second-order valence-electron chi connectivity index (χ2n) is 3.59. The summed E-state index contributed by atoms with van der Waals surface area (Å²) in [6.45, 7) is 0. The summed E-state index contributed by atoms with van der Waals surface area (Å²) in [6.07, 6.45) is 0.267. The van der Waals surface area contributed by atoms with E-state index in [1.807, 2.05) is 30.3 Å². The Balaban J connectivity index is 1.96. The lowest BCUT2D eigenvalue weighted by molar-refractivity contribution is -0.133. The molecule has 0 unspecified atom stereocenters. The zero-order chi connectivity index (χ0) is 12.1. The molecule has 0 saturated heterocycles. The van der Waals surface area contributed by atoms with E-state index in [1.54, 1.807) is 24.3 Å². The zero-order valence-electron chi connectivity index (χ0n) is 9.10. The second-order valence-corrected chi connectivity index (χ2v) is 4.03. The van der Waals surface area contributed by atoms with Gasteiger partial charge in [0.1, 0.15) is 5.75 Å². The Morgan fingerprint density at radius 1 is 1.00 bits per heavy atom. The van der Waals surface area contributed by atoms with Crippen LogP contribution >= 0.6 is 11.6 Å². The molecule has 0 saturated carbocycles. The van der Waals surface area contributed by atoms with Crippen molar-refractivity contribution in [3.05, 3.63) is 65.2 Å². The fourth-order valence-corrected chi connectivity index (χ4v) is 1.56. The van der Waals surface area contributed by atoms with Gasteiger partial charge in [-0.3, -0.25) is 4.79 Å². The lowest BCUT2D eigenvalue weighted by Crippen LogP contribution is -2.10. The van der Waals surface area contributed by atoms with Crippen molar-refractivity contribution >= 4 is 17.6 Å². The van der Waals surface area contributed by atoms with E-state index in [0.29, 0.717) is 10.8 Å². The summed E-state index contributed by atoms with van der Waals surface area (Å²) in [5, 5.41) is 0.618. The Labute approximate surface area is 105 Å². The highest BCUT2D eigenvalue weighted by Gasteiger charge is 2.05. The number of carbonyl (C=O) groups excluding carboxylic acids is 1. The SMILES string of the molecule is O=C(Cc1ccccc1)Oc1ccc(Cl)cc1. The molecule has 0 N–H and O–H groups in total. The maximum absolute atomic E-state index is 11.6. The summed E-state index contributed by atoms with van der Waals surface area (Å²) >= 11 is 5.74. The van der Waals surface area contributed by atoms with Gasteiger partial charge in [0, 0.05) is 5.02 Å². The number of halogens is 1. The van der Waals surface area contributed by atoms with Crippen molar-refractivity contribution in [2.24, 2.45) is 0 Å². The minimum absolute atomic E-state index is 0.267. The Morgan fingerprint density at radius 3 is 2.29 bits per heavy atom. The Bertz CT molecular complexity index is 491. The number of rotatable bonds is 3. The summed E-state index contributed by atoms with van der Waals surface area (Å²) in [5.74, 6) is 0.230. The maximum Gasteiger partial charge on any atom is 0.315 e. The van der Waals surface area contributed by atoms with Gasteiger partial charge in [-0.15, -0.1) is 0 Å². The van der Waals surface area contributed by atoms with Crippen molar-refractivity contribution in [2.75, 3.05) is 0 Å². The molecule has 0 fully saturated rings. The molecule has 0 spiro atoms. The minimum Gasteiger partial charge on any atom is -0.426 e. The van der Waals surface area contributed by atoms with Crippen LogP contribution in [-0.4, -0.2) is 5.97 Å². The van der Waals surface area contributed by atoms with Crippen molar-refractivity contribution < 1.29 is 9.53 Å². The molecular formula is C14H11ClO2. The molecule has 0 atom stereocenters. The van der Waals surface area contributed by atoms with Crippen LogP contribution in [0.2, 0.25) is 5.02 Å². The lowest BCUT2D eigenvalue weighted by atomic mass is 10.2. The van der Waals surface area contributed by atoms with Crippen LogP contribution < -0.4 is 4.74 Å². The molecule has 0 aliphatic rings. The monoisotopic (exact) mass is 246 g/mol. The van der Waals surface area contributed by atoms with Crippen molar-refractivity contribution in [2.45, 2.75) is 6.42 Å². The Hall–Kier alpha value is -1.80. The van der Waals surface area contributed by atoms with Gasteiger partial charge >= 0.3 is 5.97 Å². The standard InChI is InChI=1S/C14H11ClO2/c15-12-6-8-13(9-7-12)17-14(16)10-11-4-2-1-3-5-11/h1-9H,10H2. The predicted octanol–water partition coefficient (Wildman–Crippen LogP) is 3.49. The van der Waals surface area contributed by atoms with Crippen LogP contribution in [0.25, 0.3) is 0 Å². The number of carbonyl (C=O) groups is 1. The molecule has 0 heterocycles. The summed E-state index contributed by atoms with van der Waals surface area (Å²) in [4.78, 5) is 11.6. The van der Waals surface area contributed by atoms with Crippen molar-refractivity contribution in [3.63, 3.8) is 0 Å². The van der Waals surface area contributed by atoms with E-state index >= 15 is 0 Å². The van der Waals surface area contributed by atoms with Crippen LogP contribution in [0.1, 0.15) is 5.56 Å². The van der Waals surface area contributed by atoms with Crippen molar-refractivity contribution in [1.82, 2.24) is 0 Å². The summed E-state index contributed by atoms with van der Waals surface area (Å²) in [6, 6.07) is 16.2. The first-order valence-electron chi connectivity index (χ1n) is 5.24. The van der Waals surface area contributed by atoms with E-state index in [2.05, 4.69) is 0 Å². The first-order valence-corrected chi connectivity index (χ1v) is 5.62. The highest BCUT2D eigenvalue weighted by molar-refractivity contribution is 6.30. The van der Waals surface area contributed by atoms with E-state index in [4.69, 9.17) is 16.3 Å². The van der Waals surface area contributed by atoms with Gasteiger partial charge in [0.15, 0.2) is 0 Å². The number of hydrogen-bond donors (Lipinski definition) is 0. The van der Waals surface area contributed by atoms with Crippen molar-refractivity contribution in [1.29, 1.82) is 0 Å². The molecule has 3 heteroatoms. The molecule has 2 nitrogen and oxygen atoms in total. The molecule has 86 valence electrons. The van der Waals surface area contributed by atoms with E-state index in [1.165, 1.54) is 0 Å². The third-order valence-electron chi connectivity index (χ3n) is 2.24. The normalized spacial score (nSPS) is 9.94. The topological polar surface area (TPSA) is 26.3 Å². The van der Waals surface area contributed by atoms with Gasteiger partial charge in [-0.05, 0) is 29.8 Å². The van der Waals surface area contributed by atoms with Gasteiger partial charge in [0.05, 0.1) is 6.42 Å². The zero-order valence-corrected chi connectivity index (χ0v) is 9.85. The highest BCUT2D eigenvalue weighted by Crippen LogP contribution is 2.16. The van der Waals surface area contributed by atoms with Crippen LogP contribution in [0.3, 0.4) is 0 Å². The molecular weight excluding hydrogens is 236 g/mol. The fraction of sp³-hybridized carbons (Fsp3) is 0.0714. The smallest absolute Gasteiger partial charge is 0.315 e. The van der Waals surface area contributed by atoms with Crippen LogP contribution in [-0.2, 0) is 11.2 Å². The molecule has 0 aliphatic heterocycles. The largest absolute Gasteiger partial charge is 0.426 e. The first-order chi connectivity index (χ1) is 8.24. The second kappa shape index (κ2) is 5.51. The minimum atomic E-state index is -0.279. The van der Waals surface area contributed by atoms with Crippen molar-refractivity contribution in [3.8, 4) is 5.75 Å². The number of hydrogen-bond acceptors (Lipinski definition) is 2. The molecule has 2 rings (SSSR count). The van der Waals surface area contributed by atoms with E-state index < -0.39 is 0 Å². The van der Waals surface area contributed by atoms with Gasteiger partial charge < -0.3 is 4.74 Å². The maximum atomic E-state index is 11.6. The summed E-state index contributed by atoms with van der Waals surface area (Å²) in [5.41, 5.74) is 0.937.